The summed E-state index contributed by atoms with van der Waals surface area (Å²) in [6.07, 6.45) is 0. The van der Waals surface area contributed by atoms with Gasteiger partial charge in [0.15, 0.2) is 11.5 Å². The Morgan fingerprint density at radius 1 is 1.10 bits per heavy atom. The van der Waals surface area contributed by atoms with Gasteiger partial charge in [0.25, 0.3) is 0 Å². The van der Waals surface area contributed by atoms with Crippen molar-refractivity contribution >= 4 is 40.4 Å². The number of pyridine rings is 2. The number of nitrogens with two attached hydrogens (primary N) is 2. The van der Waals surface area contributed by atoms with Gasteiger partial charge in [-0.25, -0.2) is 9.97 Å². The Morgan fingerprint density at radius 2 is 1.62 bits per heavy atom. The lowest BCUT2D eigenvalue weighted by Gasteiger charge is -1.99. The number of carbonyl (C=O) groups excluding carboxylic acids is 1. The number of hydrogen-bond donors (Lipinski definition) is 2. The molecule has 0 aliphatic carbocycles. The molecule has 0 fully saturated rings. The van der Waals surface area contributed by atoms with E-state index in [9.17, 15) is 4.79 Å². The quantitative estimate of drug-likeness (QED) is 0.615. The fourth-order valence-corrected chi connectivity index (χ4v) is 1.56. The van der Waals surface area contributed by atoms with Gasteiger partial charge in [0.05, 0.1) is 11.4 Å². The van der Waals surface area contributed by atoms with Gasteiger partial charge in [0.2, 0.25) is 0 Å². The van der Waals surface area contributed by atoms with Gasteiger partial charge in [-0.15, -0.1) is 0 Å². The van der Waals surface area contributed by atoms with Crippen molar-refractivity contribution in [1.82, 2.24) is 9.97 Å². The number of aromatic nitrogens is 2. The molecule has 8 heteroatoms. The van der Waals surface area contributed by atoms with Crippen LogP contribution in [0.2, 0.25) is 10.3 Å². The molecular formula is C13H11Cl2N5O. The molecule has 2 rings (SSSR count). The van der Waals surface area contributed by atoms with Gasteiger partial charge in [0.1, 0.15) is 22.1 Å². The van der Waals surface area contributed by atoms with Crippen LogP contribution in [0.4, 0.5) is 11.4 Å². The average Bonchev–Trinajstić information content (AvgIpc) is 2.44. The zero-order valence-electron chi connectivity index (χ0n) is 11.0. The van der Waals surface area contributed by atoms with E-state index in [-0.39, 0.29) is 27.5 Å². The van der Waals surface area contributed by atoms with Gasteiger partial charge in [-0.3, -0.25) is 4.79 Å². The maximum atomic E-state index is 10.8. The van der Waals surface area contributed by atoms with Crippen molar-refractivity contribution in [3.8, 4) is 6.07 Å². The van der Waals surface area contributed by atoms with Gasteiger partial charge in [-0.1, -0.05) is 23.2 Å². The second-order valence-corrected chi connectivity index (χ2v) is 4.59. The third kappa shape index (κ3) is 4.91. The molecule has 0 saturated heterocycles. The zero-order valence-corrected chi connectivity index (χ0v) is 12.5. The molecule has 0 aliphatic heterocycles. The lowest BCUT2D eigenvalue weighted by atomic mass is 10.2. The monoisotopic (exact) mass is 323 g/mol. The first-order valence-corrected chi connectivity index (χ1v) is 6.35. The van der Waals surface area contributed by atoms with Crippen LogP contribution in [0.5, 0.6) is 0 Å². The summed E-state index contributed by atoms with van der Waals surface area (Å²) in [5.74, 6) is -0.176. The predicted molar refractivity (Wildman–Crippen MR) is 82.0 cm³/mol. The molecule has 0 unspecified atom stereocenters. The second kappa shape index (κ2) is 7.43. The van der Waals surface area contributed by atoms with Crippen molar-refractivity contribution in [2.24, 2.45) is 0 Å². The van der Waals surface area contributed by atoms with E-state index in [4.69, 9.17) is 39.9 Å². The Balaban J connectivity index is 0.000000211. The Kier molecular flexibility index (Phi) is 5.91. The first-order valence-electron chi connectivity index (χ1n) is 5.60. The van der Waals surface area contributed by atoms with Crippen molar-refractivity contribution in [2.75, 3.05) is 11.5 Å². The van der Waals surface area contributed by atoms with Gasteiger partial charge in [-0.2, -0.15) is 5.26 Å². The Hall–Kier alpha value is -2.36. The number of Topliss-reactive ketones (excluding diaryl/α,β-unsaturated/α-hetero) is 1. The zero-order chi connectivity index (χ0) is 16.0. The molecule has 108 valence electrons. The third-order valence-corrected chi connectivity index (χ3v) is 2.65. The molecule has 0 amide bonds. The van der Waals surface area contributed by atoms with Gasteiger partial charge >= 0.3 is 0 Å². The van der Waals surface area contributed by atoms with Crippen molar-refractivity contribution in [2.45, 2.75) is 6.92 Å². The Labute approximate surface area is 131 Å². The molecule has 2 aromatic heterocycles. The van der Waals surface area contributed by atoms with E-state index in [1.165, 1.54) is 13.0 Å². The maximum absolute atomic E-state index is 10.8. The molecule has 0 radical (unpaired) electrons. The summed E-state index contributed by atoms with van der Waals surface area (Å²) < 4.78 is 0. The SMILES string of the molecule is CC(=O)c1nc(Cl)ccc1N.N#Cc1nc(Cl)ccc1N. The molecule has 0 aliphatic rings. The van der Waals surface area contributed by atoms with Crippen molar-refractivity contribution in [3.05, 3.63) is 46.0 Å². The summed E-state index contributed by atoms with van der Waals surface area (Å²) in [6.45, 7) is 1.40. The van der Waals surface area contributed by atoms with E-state index in [1.54, 1.807) is 18.2 Å². The topological polar surface area (TPSA) is 119 Å². The number of nitrogens with zero attached hydrogens (tertiary/aromatic N) is 3. The normalized spacial score (nSPS) is 9.24. The van der Waals surface area contributed by atoms with Gasteiger partial charge in [-0.05, 0) is 24.3 Å². The fraction of sp³-hybridized carbons (Fsp3) is 0.0769. The average molecular weight is 324 g/mol. The number of halogens is 2. The lowest BCUT2D eigenvalue weighted by Crippen LogP contribution is -2.02. The van der Waals surface area contributed by atoms with E-state index >= 15 is 0 Å². The number of ketones is 1. The minimum Gasteiger partial charge on any atom is -0.397 e. The Bertz CT molecular complexity index is 712. The first-order chi connectivity index (χ1) is 9.85. The molecule has 21 heavy (non-hydrogen) atoms. The van der Waals surface area contributed by atoms with Crippen LogP contribution in [0.3, 0.4) is 0 Å². The van der Waals surface area contributed by atoms with Crippen LogP contribution >= 0.6 is 23.2 Å². The van der Waals surface area contributed by atoms with Gasteiger partial charge in [0, 0.05) is 6.92 Å². The van der Waals surface area contributed by atoms with E-state index < -0.39 is 0 Å². The van der Waals surface area contributed by atoms with Crippen molar-refractivity contribution in [3.63, 3.8) is 0 Å². The Morgan fingerprint density at radius 3 is 2.05 bits per heavy atom. The fourth-order valence-electron chi connectivity index (χ4n) is 1.26. The number of anilines is 2. The maximum Gasteiger partial charge on any atom is 0.180 e. The van der Waals surface area contributed by atoms with E-state index in [1.807, 2.05) is 6.07 Å². The summed E-state index contributed by atoms with van der Waals surface area (Å²) >= 11 is 11.0. The standard InChI is InChI=1S/C7H7ClN2O.C6H4ClN3/c1-4(11)7-5(9)2-3-6(8)10-7;7-6-2-1-4(9)5(3-8)10-6/h2-3H,9H2,1H3;1-2H,9H2. The van der Waals surface area contributed by atoms with Crippen LogP contribution in [0, 0.1) is 11.3 Å². The van der Waals surface area contributed by atoms with Crippen LogP contribution in [0.1, 0.15) is 23.1 Å². The molecule has 0 bridgehead atoms. The number of carbonyl (C=O) groups is 1. The highest BCUT2D eigenvalue weighted by atomic mass is 35.5. The molecule has 0 atom stereocenters. The number of rotatable bonds is 1. The highest BCUT2D eigenvalue weighted by molar-refractivity contribution is 6.29. The molecular weight excluding hydrogens is 313 g/mol. The minimum absolute atomic E-state index is 0.174. The van der Waals surface area contributed by atoms with E-state index in [2.05, 4.69) is 9.97 Å². The molecule has 2 heterocycles. The number of nitriles is 1. The first kappa shape index (κ1) is 16.7. The smallest absolute Gasteiger partial charge is 0.180 e. The van der Waals surface area contributed by atoms with Crippen LogP contribution in [-0.4, -0.2) is 15.8 Å². The summed E-state index contributed by atoms with van der Waals surface area (Å²) in [6, 6.07) is 8.01. The van der Waals surface area contributed by atoms with Crippen LogP contribution in [-0.2, 0) is 0 Å². The largest absolute Gasteiger partial charge is 0.397 e. The third-order valence-electron chi connectivity index (χ3n) is 2.22. The lowest BCUT2D eigenvalue weighted by molar-refractivity contribution is 0.101. The predicted octanol–water partition coefficient (Wildman–Crippen LogP) is 2.71. The summed E-state index contributed by atoms with van der Waals surface area (Å²) in [4.78, 5) is 18.3. The van der Waals surface area contributed by atoms with Crippen LogP contribution in [0.15, 0.2) is 24.3 Å². The van der Waals surface area contributed by atoms with Crippen molar-refractivity contribution < 1.29 is 4.79 Å². The van der Waals surface area contributed by atoms with E-state index in [0.717, 1.165) is 0 Å². The summed E-state index contributed by atoms with van der Waals surface area (Å²) in [5.41, 5.74) is 11.9. The number of hydrogen-bond acceptors (Lipinski definition) is 6. The molecule has 0 aromatic carbocycles. The van der Waals surface area contributed by atoms with Gasteiger partial charge < -0.3 is 11.5 Å². The number of nitrogen functional groups attached to an aromatic ring is 2. The van der Waals surface area contributed by atoms with Crippen molar-refractivity contribution in [1.29, 1.82) is 5.26 Å². The highest BCUT2D eigenvalue weighted by Gasteiger charge is 2.05. The second-order valence-electron chi connectivity index (χ2n) is 3.81. The molecule has 2 aromatic rings. The van der Waals surface area contributed by atoms with Crippen LogP contribution < -0.4 is 11.5 Å². The van der Waals surface area contributed by atoms with E-state index in [0.29, 0.717) is 11.4 Å². The summed E-state index contributed by atoms with van der Waals surface area (Å²) in [7, 11) is 0. The summed E-state index contributed by atoms with van der Waals surface area (Å²) in [5, 5.41) is 8.96. The minimum atomic E-state index is -0.176. The molecule has 0 spiro atoms. The molecule has 4 N–H and O–H groups in total. The molecule has 6 nitrogen and oxygen atoms in total. The molecule has 0 saturated carbocycles. The van der Waals surface area contributed by atoms with Crippen LogP contribution in [0.25, 0.3) is 0 Å². The highest BCUT2D eigenvalue weighted by Crippen LogP contribution is 2.13.